The van der Waals surface area contributed by atoms with E-state index in [4.69, 9.17) is 16.7 Å². The molecule has 6 heteroatoms. The fourth-order valence-corrected chi connectivity index (χ4v) is 4.84. The number of fused-ring (bicyclic) bond motifs is 3. The minimum absolute atomic E-state index is 0.0249. The predicted octanol–water partition coefficient (Wildman–Crippen LogP) is 5.42. The normalized spacial score (nSPS) is 19.8. The van der Waals surface area contributed by atoms with Crippen molar-refractivity contribution in [2.45, 2.75) is 45.6 Å². The molecule has 0 saturated heterocycles. The fourth-order valence-electron chi connectivity index (χ4n) is 4.72. The van der Waals surface area contributed by atoms with Crippen LogP contribution in [-0.4, -0.2) is 19.2 Å². The molecule has 1 saturated carbocycles. The Hall–Kier alpha value is -2.66. The van der Waals surface area contributed by atoms with Gasteiger partial charge < -0.3 is 4.57 Å². The monoisotopic (exact) mass is 406 g/mol. The lowest BCUT2D eigenvalue weighted by molar-refractivity contribution is 0.253. The first-order valence-electron chi connectivity index (χ1n) is 10.2. The smallest absolute Gasteiger partial charge is 0.261 e. The summed E-state index contributed by atoms with van der Waals surface area (Å²) in [6, 6.07) is 9.95. The minimum atomic E-state index is 0.0249. The van der Waals surface area contributed by atoms with Gasteiger partial charge in [0.1, 0.15) is 0 Å². The van der Waals surface area contributed by atoms with Crippen molar-refractivity contribution in [3.63, 3.8) is 0 Å². The van der Waals surface area contributed by atoms with E-state index in [0.717, 1.165) is 34.4 Å². The highest BCUT2D eigenvalue weighted by molar-refractivity contribution is 6.30. The van der Waals surface area contributed by atoms with Crippen LogP contribution in [0.4, 0.5) is 0 Å². The zero-order valence-corrected chi connectivity index (χ0v) is 17.4. The molecule has 1 fully saturated rings. The molecule has 29 heavy (non-hydrogen) atoms. The molecule has 0 radical (unpaired) electrons. The molecule has 148 valence electrons. The average Bonchev–Trinajstić information content (AvgIpc) is 3.06. The number of aromatic nitrogens is 4. The highest BCUT2D eigenvalue weighted by Gasteiger charge is 2.24. The Morgan fingerprint density at radius 2 is 1.86 bits per heavy atom. The summed E-state index contributed by atoms with van der Waals surface area (Å²) in [5.74, 6) is 0.513. The Labute approximate surface area is 174 Å². The second-order valence-corrected chi connectivity index (χ2v) is 8.55. The van der Waals surface area contributed by atoms with Gasteiger partial charge in [-0.2, -0.15) is 5.10 Å². The van der Waals surface area contributed by atoms with E-state index in [0.29, 0.717) is 16.3 Å². The van der Waals surface area contributed by atoms with Crippen LogP contribution in [0, 0.1) is 12.8 Å². The molecule has 3 aromatic heterocycles. The van der Waals surface area contributed by atoms with Crippen molar-refractivity contribution in [2.24, 2.45) is 5.92 Å². The second-order valence-electron chi connectivity index (χ2n) is 8.12. The number of benzene rings is 1. The maximum Gasteiger partial charge on any atom is 0.261 e. The number of hydrogen-bond acceptors (Lipinski definition) is 3. The van der Waals surface area contributed by atoms with Crippen molar-refractivity contribution >= 4 is 28.2 Å². The molecule has 0 bridgehead atoms. The first kappa shape index (κ1) is 18.4. The summed E-state index contributed by atoms with van der Waals surface area (Å²) < 4.78 is 3.71. The van der Waals surface area contributed by atoms with Gasteiger partial charge in [-0.05, 0) is 49.4 Å². The molecule has 5 rings (SSSR count). The van der Waals surface area contributed by atoms with Gasteiger partial charge in [-0.1, -0.05) is 43.5 Å². The zero-order valence-electron chi connectivity index (χ0n) is 16.6. The van der Waals surface area contributed by atoms with Crippen LogP contribution in [0.3, 0.4) is 0 Å². The van der Waals surface area contributed by atoms with Gasteiger partial charge in [0.25, 0.3) is 5.56 Å². The van der Waals surface area contributed by atoms with Crippen LogP contribution in [0.1, 0.15) is 44.3 Å². The van der Waals surface area contributed by atoms with Gasteiger partial charge in [0.05, 0.1) is 16.6 Å². The number of nitrogens with zero attached hydrogens (tertiary/aromatic N) is 4. The Morgan fingerprint density at radius 3 is 2.62 bits per heavy atom. The molecule has 1 aliphatic rings. The summed E-state index contributed by atoms with van der Waals surface area (Å²) in [6.45, 7) is 4.21. The van der Waals surface area contributed by atoms with E-state index in [1.165, 1.54) is 19.3 Å². The topological polar surface area (TPSA) is 52.2 Å². The number of rotatable bonds is 2. The standard InChI is InChI=1S/C23H23ClN4O/c1-14-5-3-4-6-19(14)27-12-11-20-18(23(27)29)13-25-22-21(15(2)26-28(20)22)16-7-9-17(24)10-8-16/h7-14,19H,3-6H2,1-2H3/t14-,19+/m1/s1. The van der Waals surface area contributed by atoms with Crippen molar-refractivity contribution in [1.82, 2.24) is 19.2 Å². The van der Waals surface area contributed by atoms with Gasteiger partial charge in [-0.15, -0.1) is 0 Å². The van der Waals surface area contributed by atoms with Crippen LogP contribution in [0.25, 0.3) is 27.7 Å². The summed E-state index contributed by atoms with van der Waals surface area (Å²) in [6.07, 6.45) is 8.31. The van der Waals surface area contributed by atoms with Crippen LogP contribution in [0.5, 0.6) is 0 Å². The van der Waals surface area contributed by atoms with E-state index in [2.05, 4.69) is 11.9 Å². The zero-order chi connectivity index (χ0) is 20.1. The number of halogens is 1. The Balaban J connectivity index is 1.70. The molecule has 0 amide bonds. The molecule has 5 nitrogen and oxygen atoms in total. The summed E-state index contributed by atoms with van der Waals surface area (Å²) in [5.41, 5.74) is 4.42. The van der Waals surface area contributed by atoms with E-state index >= 15 is 0 Å². The molecule has 2 atom stereocenters. The lowest BCUT2D eigenvalue weighted by atomic mass is 9.85. The molecular weight excluding hydrogens is 384 g/mol. The molecule has 3 heterocycles. The lowest BCUT2D eigenvalue weighted by Crippen LogP contribution is -2.30. The molecule has 1 aromatic carbocycles. The SMILES string of the molecule is Cc1nn2c(ncc3c(=O)n([C@H]4CCCC[C@H]4C)ccc32)c1-c1ccc(Cl)cc1. The molecule has 4 aromatic rings. The second kappa shape index (κ2) is 6.99. The van der Waals surface area contributed by atoms with E-state index in [1.54, 1.807) is 10.7 Å². The van der Waals surface area contributed by atoms with Crippen molar-refractivity contribution in [3.05, 3.63) is 63.8 Å². The highest BCUT2D eigenvalue weighted by Crippen LogP contribution is 2.33. The summed E-state index contributed by atoms with van der Waals surface area (Å²) in [4.78, 5) is 17.9. The number of aryl methyl sites for hydroxylation is 1. The largest absolute Gasteiger partial charge is 0.312 e. The van der Waals surface area contributed by atoms with Crippen molar-refractivity contribution in [3.8, 4) is 11.1 Å². The third-order valence-electron chi connectivity index (χ3n) is 6.27. The first-order chi connectivity index (χ1) is 14.0. The summed E-state index contributed by atoms with van der Waals surface area (Å²) >= 11 is 6.04. The van der Waals surface area contributed by atoms with Gasteiger partial charge in [-0.25, -0.2) is 9.50 Å². The Morgan fingerprint density at radius 1 is 1.10 bits per heavy atom. The number of pyridine rings is 1. The Kier molecular flexibility index (Phi) is 4.43. The first-order valence-corrected chi connectivity index (χ1v) is 10.6. The highest BCUT2D eigenvalue weighted by atomic mass is 35.5. The van der Waals surface area contributed by atoms with E-state index in [1.807, 2.05) is 48.0 Å². The van der Waals surface area contributed by atoms with E-state index in [9.17, 15) is 4.79 Å². The van der Waals surface area contributed by atoms with Gasteiger partial charge in [0.15, 0.2) is 5.65 Å². The minimum Gasteiger partial charge on any atom is -0.312 e. The molecule has 1 aliphatic carbocycles. The quantitative estimate of drug-likeness (QED) is 0.446. The Bertz CT molecular complexity index is 1270. The van der Waals surface area contributed by atoms with Gasteiger partial charge in [-0.3, -0.25) is 4.79 Å². The summed E-state index contributed by atoms with van der Waals surface area (Å²) in [5, 5.41) is 6.02. The molecule has 0 spiro atoms. The van der Waals surface area contributed by atoms with Gasteiger partial charge >= 0.3 is 0 Å². The molecule has 0 unspecified atom stereocenters. The molecule has 0 N–H and O–H groups in total. The van der Waals surface area contributed by atoms with E-state index < -0.39 is 0 Å². The fraction of sp³-hybridized carbons (Fsp3) is 0.348. The average molecular weight is 407 g/mol. The van der Waals surface area contributed by atoms with Gasteiger partial charge in [0, 0.05) is 29.0 Å². The van der Waals surface area contributed by atoms with Crippen molar-refractivity contribution < 1.29 is 0 Å². The van der Waals surface area contributed by atoms with Crippen molar-refractivity contribution in [1.29, 1.82) is 0 Å². The van der Waals surface area contributed by atoms with Crippen LogP contribution in [0.2, 0.25) is 5.02 Å². The number of hydrogen-bond donors (Lipinski definition) is 0. The summed E-state index contributed by atoms with van der Waals surface area (Å²) in [7, 11) is 0. The third kappa shape index (κ3) is 2.96. The molecule has 0 aliphatic heterocycles. The predicted molar refractivity (Wildman–Crippen MR) is 117 cm³/mol. The third-order valence-corrected chi connectivity index (χ3v) is 6.52. The van der Waals surface area contributed by atoms with Crippen LogP contribution in [-0.2, 0) is 0 Å². The van der Waals surface area contributed by atoms with Crippen LogP contribution >= 0.6 is 11.6 Å². The van der Waals surface area contributed by atoms with E-state index in [-0.39, 0.29) is 11.6 Å². The van der Waals surface area contributed by atoms with Crippen LogP contribution < -0.4 is 5.56 Å². The maximum atomic E-state index is 13.3. The maximum absolute atomic E-state index is 13.3. The van der Waals surface area contributed by atoms with Crippen LogP contribution in [0.15, 0.2) is 47.5 Å². The molecular formula is C23H23ClN4O. The lowest BCUT2D eigenvalue weighted by Gasteiger charge is -2.30. The van der Waals surface area contributed by atoms with Crippen molar-refractivity contribution in [2.75, 3.05) is 0 Å². The van der Waals surface area contributed by atoms with Gasteiger partial charge in [0.2, 0.25) is 0 Å².